The van der Waals surface area contributed by atoms with Crippen LogP contribution in [0.4, 0.5) is 10.1 Å². The quantitative estimate of drug-likeness (QED) is 0.291. The van der Waals surface area contributed by atoms with Crippen molar-refractivity contribution in [2.24, 2.45) is 0 Å². The number of carbonyl (C=O) groups is 2. The molecule has 0 atom stereocenters. The lowest BCUT2D eigenvalue weighted by Crippen LogP contribution is -2.36. The molecule has 0 radical (unpaired) electrons. The summed E-state index contributed by atoms with van der Waals surface area (Å²) >= 11 is 0. The fourth-order valence-electron chi connectivity index (χ4n) is 4.07. The number of halogens is 1. The van der Waals surface area contributed by atoms with Crippen LogP contribution in [0.15, 0.2) is 91.4 Å². The van der Waals surface area contributed by atoms with Gasteiger partial charge in [-0.3, -0.25) is 14.6 Å². The molecule has 0 spiro atoms. The molecule has 168 valence electrons. The van der Waals surface area contributed by atoms with Crippen LogP contribution in [0.5, 0.6) is 0 Å². The van der Waals surface area contributed by atoms with Crippen molar-refractivity contribution >= 4 is 39.3 Å². The van der Waals surface area contributed by atoms with E-state index < -0.39 is 0 Å². The molecule has 0 unspecified atom stereocenters. The molecular weight excluding hydrogens is 431 g/mol. The van der Waals surface area contributed by atoms with Crippen LogP contribution in [0.3, 0.4) is 0 Å². The van der Waals surface area contributed by atoms with E-state index >= 15 is 0 Å². The maximum atomic E-state index is 13.2. The number of anilines is 1. The number of fused-ring (bicyclic) bond motifs is 2. The highest BCUT2D eigenvalue weighted by Crippen LogP contribution is 2.21. The van der Waals surface area contributed by atoms with Crippen LogP contribution < -0.4 is 9.88 Å². The predicted octanol–water partition coefficient (Wildman–Crippen LogP) is 4.53. The van der Waals surface area contributed by atoms with E-state index in [1.165, 1.54) is 24.3 Å². The van der Waals surface area contributed by atoms with E-state index in [9.17, 15) is 14.0 Å². The Hall–Kier alpha value is -4.39. The van der Waals surface area contributed by atoms with Crippen LogP contribution in [-0.4, -0.2) is 21.2 Å². The number of amides is 1. The Morgan fingerprint density at radius 2 is 1.74 bits per heavy atom. The van der Waals surface area contributed by atoms with Gasteiger partial charge in [-0.2, -0.15) is 0 Å². The number of pyridine rings is 1. The molecule has 5 aromatic rings. The third-order valence-electron chi connectivity index (χ3n) is 5.75. The van der Waals surface area contributed by atoms with Gasteiger partial charge in [0.2, 0.25) is 18.0 Å². The number of carbonyl (C=O) groups excluding carboxylic acids is 2. The van der Waals surface area contributed by atoms with Crippen molar-refractivity contribution in [2.75, 3.05) is 5.32 Å². The number of Topliss-reactive ketones (excluding diaryl/α,β-unsaturated/α-hetero) is 1. The number of para-hydroxylation sites is 3. The molecule has 5 rings (SSSR count). The van der Waals surface area contributed by atoms with Gasteiger partial charge in [-0.25, -0.2) is 13.5 Å². The van der Waals surface area contributed by atoms with Gasteiger partial charge in [-0.1, -0.05) is 30.3 Å². The fraction of sp³-hybridized carbons (Fsp3) is 0.111. The number of nitrogens with zero attached hydrogens (tertiary/aromatic N) is 3. The summed E-state index contributed by atoms with van der Waals surface area (Å²) in [6, 6.07) is 22.8. The number of hydrogen-bond donors (Lipinski definition) is 1. The SMILES string of the molecule is O=C(CCn1c[n+](CC(=O)c2ccc(F)cc2)c2ccccc21)Nc1cccc2cccnc12. The van der Waals surface area contributed by atoms with Gasteiger partial charge < -0.3 is 5.32 Å². The molecule has 0 aliphatic carbocycles. The second kappa shape index (κ2) is 9.23. The lowest BCUT2D eigenvalue weighted by Gasteiger charge is -2.07. The first-order chi connectivity index (χ1) is 16.6. The molecule has 0 saturated heterocycles. The van der Waals surface area contributed by atoms with Crippen molar-refractivity contribution in [3.05, 3.63) is 103 Å². The van der Waals surface area contributed by atoms with Crippen LogP contribution in [-0.2, 0) is 17.9 Å². The number of imidazole rings is 1. The summed E-state index contributed by atoms with van der Waals surface area (Å²) in [6.45, 7) is 0.565. The van der Waals surface area contributed by atoms with Gasteiger partial charge in [-0.15, -0.1) is 0 Å². The number of ketones is 1. The van der Waals surface area contributed by atoms with Gasteiger partial charge in [-0.05, 0) is 48.5 Å². The molecule has 0 bridgehead atoms. The highest BCUT2D eigenvalue weighted by atomic mass is 19.1. The smallest absolute Gasteiger partial charge is 0.245 e. The van der Waals surface area contributed by atoms with Crippen molar-refractivity contribution in [3.63, 3.8) is 0 Å². The minimum atomic E-state index is -0.377. The van der Waals surface area contributed by atoms with Crippen LogP contribution in [0.25, 0.3) is 21.9 Å². The average molecular weight is 453 g/mol. The largest absolute Gasteiger partial charge is 0.324 e. The fourth-order valence-corrected chi connectivity index (χ4v) is 4.07. The van der Waals surface area contributed by atoms with Gasteiger partial charge >= 0.3 is 0 Å². The van der Waals surface area contributed by atoms with E-state index in [0.29, 0.717) is 17.8 Å². The summed E-state index contributed by atoms with van der Waals surface area (Å²) in [7, 11) is 0. The maximum absolute atomic E-state index is 13.2. The minimum Gasteiger partial charge on any atom is -0.324 e. The number of benzene rings is 3. The molecule has 7 heteroatoms. The molecule has 2 heterocycles. The van der Waals surface area contributed by atoms with E-state index in [0.717, 1.165) is 21.9 Å². The average Bonchev–Trinajstić information content (AvgIpc) is 3.21. The lowest BCUT2D eigenvalue weighted by atomic mass is 10.1. The summed E-state index contributed by atoms with van der Waals surface area (Å²) in [5.41, 5.74) is 3.70. The third kappa shape index (κ3) is 4.41. The van der Waals surface area contributed by atoms with E-state index in [4.69, 9.17) is 0 Å². The van der Waals surface area contributed by atoms with Gasteiger partial charge in [0, 0.05) is 17.1 Å². The summed E-state index contributed by atoms with van der Waals surface area (Å²) in [5.74, 6) is -0.614. The second-order valence-electron chi connectivity index (χ2n) is 8.03. The zero-order valence-corrected chi connectivity index (χ0v) is 18.3. The van der Waals surface area contributed by atoms with Crippen molar-refractivity contribution in [3.8, 4) is 0 Å². The number of aryl methyl sites for hydroxylation is 1. The van der Waals surface area contributed by atoms with Gasteiger partial charge in [0.1, 0.15) is 5.82 Å². The van der Waals surface area contributed by atoms with Gasteiger partial charge in [0.25, 0.3) is 0 Å². The summed E-state index contributed by atoms with van der Waals surface area (Å²) in [6.07, 6.45) is 3.81. The molecule has 3 aromatic carbocycles. The van der Waals surface area contributed by atoms with Gasteiger partial charge in [0.15, 0.2) is 17.6 Å². The Bertz CT molecular complexity index is 1500. The summed E-state index contributed by atoms with van der Waals surface area (Å²) in [5, 5.41) is 3.92. The van der Waals surface area contributed by atoms with Crippen molar-refractivity contribution in [1.82, 2.24) is 9.55 Å². The molecule has 0 saturated carbocycles. The monoisotopic (exact) mass is 453 g/mol. The number of hydrogen-bond acceptors (Lipinski definition) is 3. The first-order valence-corrected chi connectivity index (χ1v) is 11.0. The molecule has 0 aliphatic heterocycles. The van der Waals surface area contributed by atoms with Crippen LogP contribution in [0.1, 0.15) is 16.8 Å². The maximum Gasteiger partial charge on any atom is 0.245 e. The molecule has 34 heavy (non-hydrogen) atoms. The van der Waals surface area contributed by atoms with Gasteiger partial charge in [0.05, 0.1) is 24.2 Å². The Balaban J connectivity index is 1.32. The Kier molecular flexibility index (Phi) is 5.82. The molecule has 6 nitrogen and oxygen atoms in total. The van der Waals surface area contributed by atoms with Crippen LogP contribution in [0.2, 0.25) is 0 Å². The zero-order chi connectivity index (χ0) is 23.5. The topological polar surface area (TPSA) is 67.9 Å². The first-order valence-electron chi connectivity index (χ1n) is 11.0. The number of nitrogens with one attached hydrogen (secondary N) is 1. The third-order valence-corrected chi connectivity index (χ3v) is 5.75. The first kappa shape index (κ1) is 21.5. The number of rotatable bonds is 7. The van der Waals surface area contributed by atoms with E-state index in [2.05, 4.69) is 10.3 Å². The Morgan fingerprint density at radius 1 is 0.941 bits per heavy atom. The predicted molar refractivity (Wildman–Crippen MR) is 128 cm³/mol. The normalized spacial score (nSPS) is 11.1. The molecule has 0 fully saturated rings. The van der Waals surface area contributed by atoms with Crippen molar-refractivity contribution < 1.29 is 18.5 Å². The van der Waals surface area contributed by atoms with E-state index in [-0.39, 0.29) is 30.5 Å². The molecule has 1 amide bonds. The van der Waals surface area contributed by atoms with E-state index in [1.54, 1.807) is 6.20 Å². The minimum absolute atomic E-state index is 0.117. The lowest BCUT2D eigenvalue weighted by molar-refractivity contribution is -0.657. The van der Waals surface area contributed by atoms with Crippen molar-refractivity contribution in [2.45, 2.75) is 19.5 Å². The van der Waals surface area contributed by atoms with Crippen LogP contribution >= 0.6 is 0 Å². The molecular formula is C27H22FN4O2+. The summed E-state index contributed by atoms with van der Waals surface area (Å²) in [4.78, 5) is 29.8. The standard InChI is InChI=1S/C27H21FN4O2/c28-21-12-10-19(11-13-21)25(33)17-32-18-31(23-8-1-2-9-24(23)32)16-14-26(34)30-22-7-3-5-20-6-4-15-29-27(20)22/h1-13,15,18H,14,16-17H2/p+1. The zero-order valence-electron chi connectivity index (χ0n) is 18.3. The molecule has 0 aliphatic rings. The summed E-state index contributed by atoms with van der Waals surface area (Å²) < 4.78 is 17.0. The van der Waals surface area contributed by atoms with Crippen molar-refractivity contribution in [1.29, 1.82) is 0 Å². The molecule has 2 aromatic heterocycles. The highest BCUT2D eigenvalue weighted by Gasteiger charge is 2.19. The van der Waals surface area contributed by atoms with E-state index in [1.807, 2.05) is 70.1 Å². The van der Waals surface area contributed by atoms with Crippen LogP contribution in [0, 0.1) is 5.82 Å². The Morgan fingerprint density at radius 3 is 2.59 bits per heavy atom. The Labute approximate surface area is 195 Å². The molecule has 1 N–H and O–H groups in total. The number of aromatic nitrogens is 3. The second-order valence-corrected chi connectivity index (χ2v) is 8.03. The highest BCUT2D eigenvalue weighted by molar-refractivity contribution is 6.00.